The van der Waals surface area contributed by atoms with E-state index in [4.69, 9.17) is 5.73 Å². The molecule has 0 radical (unpaired) electrons. The number of hydrogen-bond acceptors (Lipinski definition) is 3. The van der Waals surface area contributed by atoms with Gasteiger partial charge in [-0.1, -0.05) is 49.4 Å². The number of carbonyl (C=O) groups excluding carboxylic acids is 2. The van der Waals surface area contributed by atoms with E-state index in [0.29, 0.717) is 11.3 Å². The molecule has 0 aliphatic rings. The van der Waals surface area contributed by atoms with E-state index in [9.17, 15) is 9.59 Å². The third kappa shape index (κ3) is 5.21. The van der Waals surface area contributed by atoms with E-state index in [0.717, 1.165) is 19.5 Å². The van der Waals surface area contributed by atoms with Crippen molar-refractivity contribution in [1.29, 1.82) is 0 Å². The van der Waals surface area contributed by atoms with E-state index in [2.05, 4.69) is 22.3 Å². The second-order valence-electron chi connectivity index (χ2n) is 5.56. The normalized spacial score (nSPS) is 10.6. The molecule has 0 unspecified atom stereocenters. The fraction of sp³-hybridized carbons (Fsp3) is 0.263. The van der Waals surface area contributed by atoms with Gasteiger partial charge in [0.25, 0.3) is 5.91 Å². The van der Waals surface area contributed by atoms with Crippen molar-refractivity contribution in [2.24, 2.45) is 5.73 Å². The summed E-state index contributed by atoms with van der Waals surface area (Å²) >= 11 is 0. The number of anilines is 1. The molecule has 5 nitrogen and oxygen atoms in total. The number of para-hydroxylation sites is 1. The average Bonchev–Trinajstić information content (AvgIpc) is 2.59. The van der Waals surface area contributed by atoms with Crippen LogP contribution in [0.2, 0.25) is 0 Å². The average molecular weight is 325 g/mol. The summed E-state index contributed by atoms with van der Waals surface area (Å²) in [5.74, 6) is -0.707. The number of amides is 2. The molecule has 2 aromatic carbocycles. The Balaban J connectivity index is 1.91. The maximum absolute atomic E-state index is 12.3. The van der Waals surface area contributed by atoms with E-state index in [-0.39, 0.29) is 12.5 Å². The van der Waals surface area contributed by atoms with Crippen molar-refractivity contribution < 1.29 is 9.59 Å². The number of likely N-dealkylation sites (N-methyl/N-ethyl adjacent to an activating group) is 1. The highest BCUT2D eigenvalue weighted by Crippen LogP contribution is 2.14. The Morgan fingerprint density at radius 1 is 1.04 bits per heavy atom. The van der Waals surface area contributed by atoms with Crippen LogP contribution in [0.25, 0.3) is 0 Å². The number of primary amides is 1. The molecule has 0 atom stereocenters. The molecule has 0 bridgehead atoms. The first-order chi connectivity index (χ1) is 11.6. The fourth-order valence-corrected chi connectivity index (χ4v) is 2.48. The molecule has 24 heavy (non-hydrogen) atoms. The molecular formula is C19H23N3O2. The summed E-state index contributed by atoms with van der Waals surface area (Å²) < 4.78 is 0. The van der Waals surface area contributed by atoms with Gasteiger partial charge in [0.05, 0.1) is 17.8 Å². The zero-order valence-electron chi connectivity index (χ0n) is 13.9. The third-order valence-electron chi connectivity index (χ3n) is 3.84. The summed E-state index contributed by atoms with van der Waals surface area (Å²) in [6.07, 6.45) is 0.889. The van der Waals surface area contributed by atoms with Gasteiger partial charge < -0.3 is 11.1 Å². The van der Waals surface area contributed by atoms with Crippen molar-refractivity contribution in [3.8, 4) is 0 Å². The van der Waals surface area contributed by atoms with Crippen LogP contribution in [0.5, 0.6) is 0 Å². The minimum atomic E-state index is -0.553. The maximum atomic E-state index is 12.3. The number of hydrogen-bond donors (Lipinski definition) is 2. The Hall–Kier alpha value is -2.66. The molecule has 0 heterocycles. The standard InChI is InChI=1S/C19H23N3O2/c1-2-22(13-12-15-8-4-3-5-9-15)14-18(23)21-17-11-7-6-10-16(17)19(20)24/h3-11H,2,12-14H2,1H3,(H2,20,24)(H,21,23). The molecule has 2 aromatic rings. The lowest BCUT2D eigenvalue weighted by Crippen LogP contribution is -2.35. The van der Waals surface area contributed by atoms with Crippen LogP contribution in [0.15, 0.2) is 54.6 Å². The van der Waals surface area contributed by atoms with Gasteiger partial charge >= 0.3 is 0 Å². The second kappa shape index (κ2) is 8.84. The molecule has 0 aliphatic carbocycles. The number of benzene rings is 2. The first-order valence-corrected chi connectivity index (χ1v) is 8.05. The third-order valence-corrected chi connectivity index (χ3v) is 3.84. The van der Waals surface area contributed by atoms with E-state index in [1.165, 1.54) is 5.56 Å². The Bertz CT molecular complexity index is 686. The van der Waals surface area contributed by atoms with Crippen molar-refractivity contribution in [3.63, 3.8) is 0 Å². The lowest BCUT2D eigenvalue weighted by Gasteiger charge is -2.20. The monoisotopic (exact) mass is 325 g/mol. The topological polar surface area (TPSA) is 75.4 Å². The van der Waals surface area contributed by atoms with Crippen LogP contribution in [0.4, 0.5) is 5.69 Å². The molecule has 126 valence electrons. The molecule has 0 aromatic heterocycles. The lowest BCUT2D eigenvalue weighted by atomic mass is 10.1. The van der Waals surface area contributed by atoms with Gasteiger partial charge in [-0.2, -0.15) is 0 Å². The Labute approximate surface area is 142 Å². The van der Waals surface area contributed by atoms with Gasteiger partial charge in [0, 0.05) is 6.54 Å². The number of nitrogens with two attached hydrogens (primary N) is 1. The molecule has 0 saturated heterocycles. The highest BCUT2D eigenvalue weighted by Gasteiger charge is 2.13. The van der Waals surface area contributed by atoms with Gasteiger partial charge in [0.15, 0.2) is 0 Å². The van der Waals surface area contributed by atoms with Crippen LogP contribution in [0.3, 0.4) is 0 Å². The summed E-state index contributed by atoms with van der Waals surface area (Å²) in [5.41, 5.74) is 7.35. The van der Waals surface area contributed by atoms with Crippen LogP contribution >= 0.6 is 0 Å². The predicted molar refractivity (Wildman–Crippen MR) is 95.8 cm³/mol. The number of rotatable bonds is 8. The smallest absolute Gasteiger partial charge is 0.250 e. The van der Waals surface area contributed by atoms with Crippen LogP contribution in [-0.4, -0.2) is 36.3 Å². The molecular weight excluding hydrogens is 302 g/mol. The van der Waals surface area contributed by atoms with Crippen molar-refractivity contribution in [3.05, 3.63) is 65.7 Å². The number of carbonyl (C=O) groups is 2. The van der Waals surface area contributed by atoms with Gasteiger partial charge in [0.1, 0.15) is 0 Å². The van der Waals surface area contributed by atoms with Gasteiger partial charge in [-0.25, -0.2) is 0 Å². The molecule has 0 saturated carbocycles. The molecule has 0 aliphatic heterocycles. The molecule has 0 spiro atoms. The van der Waals surface area contributed by atoms with Crippen LogP contribution in [-0.2, 0) is 11.2 Å². The van der Waals surface area contributed by atoms with Gasteiger partial charge in [-0.3, -0.25) is 14.5 Å². The van der Waals surface area contributed by atoms with Crippen LogP contribution < -0.4 is 11.1 Å². The maximum Gasteiger partial charge on any atom is 0.250 e. The van der Waals surface area contributed by atoms with Crippen molar-refractivity contribution >= 4 is 17.5 Å². The zero-order chi connectivity index (χ0) is 17.4. The quantitative estimate of drug-likeness (QED) is 0.782. The first kappa shape index (κ1) is 17.7. The predicted octanol–water partition coefficient (Wildman–Crippen LogP) is 2.29. The van der Waals surface area contributed by atoms with Crippen LogP contribution in [0.1, 0.15) is 22.8 Å². The van der Waals surface area contributed by atoms with Crippen molar-refractivity contribution in [2.45, 2.75) is 13.3 Å². The lowest BCUT2D eigenvalue weighted by molar-refractivity contribution is -0.117. The van der Waals surface area contributed by atoms with Gasteiger partial charge in [0.2, 0.25) is 5.91 Å². The number of nitrogens with zero attached hydrogens (tertiary/aromatic N) is 1. The molecule has 0 fully saturated rings. The molecule has 2 amide bonds. The van der Waals surface area contributed by atoms with E-state index in [1.54, 1.807) is 24.3 Å². The van der Waals surface area contributed by atoms with Gasteiger partial charge in [-0.15, -0.1) is 0 Å². The van der Waals surface area contributed by atoms with E-state index >= 15 is 0 Å². The zero-order valence-corrected chi connectivity index (χ0v) is 13.9. The largest absolute Gasteiger partial charge is 0.366 e. The first-order valence-electron chi connectivity index (χ1n) is 8.05. The minimum absolute atomic E-state index is 0.154. The number of nitrogens with one attached hydrogen (secondary N) is 1. The summed E-state index contributed by atoms with van der Waals surface area (Å²) in [6.45, 7) is 3.87. The van der Waals surface area contributed by atoms with Crippen molar-refractivity contribution in [1.82, 2.24) is 4.90 Å². The van der Waals surface area contributed by atoms with E-state index < -0.39 is 5.91 Å². The SMILES string of the molecule is CCN(CCc1ccccc1)CC(=O)Nc1ccccc1C(N)=O. The summed E-state index contributed by atoms with van der Waals surface area (Å²) in [4.78, 5) is 25.7. The Kier molecular flexibility index (Phi) is 6.51. The highest BCUT2D eigenvalue weighted by molar-refractivity contribution is 6.03. The Morgan fingerprint density at radius 3 is 2.38 bits per heavy atom. The summed E-state index contributed by atoms with van der Waals surface area (Å²) in [7, 11) is 0. The van der Waals surface area contributed by atoms with E-state index in [1.807, 2.05) is 25.1 Å². The fourth-order valence-electron chi connectivity index (χ4n) is 2.48. The Morgan fingerprint density at radius 2 is 1.71 bits per heavy atom. The van der Waals surface area contributed by atoms with Crippen molar-refractivity contribution in [2.75, 3.05) is 25.0 Å². The second-order valence-corrected chi connectivity index (χ2v) is 5.56. The molecule has 2 rings (SSSR count). The van der Waals surface area contributed by atoms with Crippen LogP contribution in [0, 0.1) is 0 Å². The summed E-state index contributed by atoms with van der Waals surface area (Å²) in [5, 5.41) is 2.77. The highest BCUT2D eigenvalue weighted by atomic mass is 16.2. The summed E-state index contributed by atoms with van der Waals surface area (Å²) in [6, 6.07) is 16.9. The van der Waals surface area contributed by atoms with Gasteiger partial charge in [-0.05, 0) is 30.7 Å². The molecule has 5 heteroatoms. The minimum Gasteiger partial charge on any atom is -0.366 e. The molecule has 3 N–H and O–H groups in total.